The van der Waals surface area contributed by atoms with Crippen LogP contribution in [0.2, 0.25) is 0 Å². The molecule has 20 heavy (non-hydrogen) atoms. The van der Waals surface area contributed by atoms with E-state index in [2.05, 4.69) is 29.2 Å². The van der Waals surface area contributed by atoms with Crippen LogP contribution in [0.15, 0.2) is 36.4 Å². The first-order valence-electron chi connectivity index (χ1n) is 7.16. The summed E-state index contributed by atoms with van der Waals surface area (Å²) in [6.45, 7) is 1.01. The van der Waals surface area contributed by atoms with E-state index in [4.69, 9.17) is 0 Å². The van der Waals surface area contributed by atoms with E-state index >= 15 is 0 Å². The van der Waals surface area contributed by atoms with Crippen molar-refractivity contribution < 1.29 is 0 Å². The van der Waals surface area contributed by atoms with Gasteiger partial charge in [-0.2, -0.15) is 17.0 Å². The zero-order valence-corrected chi connectivity index (χ0v) is 12.2. The molecule has 0 saturated carbocycles. The Hall–Kier alpha value is -1.66. The van der Waals surface area contributed by atoms with Gasteiger partial charge in [0.05, 0.1) is 11.6 Å². The molecule has 1 unspecified atom stereocenters. The molecular weight excluding hydrogens is 264 g/mol. The first kappa shape index (κ1) is 13.3. The Balaban J connectivity index is 1.83. The van der Waals surface area contributed by atoms with Gasteiger partial charge in [-0.3, -0.25) is 0 Å². The summed E-state index contributed by atoms with van der Waals surface area (Å²) in [7, 11) is 0. The van der Waals surface area contributed by atoms with Gasteiger partial charge in [0.2, 0.25) is 0 Å². The van der Waals surface area contributed by atoms with Crippen LogP contribution in [0.25, 0.3) is 10.8 Å². The molecule has 0 bridgehead atoms. The van der Waals surface area contributed by atoms with Gasteiger partial charge in [-0.15, -0.1) is 0 Å². The maximum atomic E-state index is 9.19. The SMILES string of the molecule is N#Cc1ccc(NCC2CCCCS2)c2ccccc12. The lowest BCUT2D eigenvalue weighted by Crippen LogP contribution is -2.20. The van der Waals surface area contributed by atoms with Crippen LogP contribution >= 0.6 is 11.8 Å². The Kier molecular flexibility index (Phi) is 4.13. The number of fused-ring (bicyclic) bond motifs is 1. The van der Waals surface area contributed by atoms with Crippen molar-refractivity contribution in [2.24, 2.45) is 0 Å². The molecule has 1 heterocycles. The minimum Gasteiger partial charge on any atom is -0.383 e. The molecule has 3 heteroatoms. The maximum absolute atomic E-state index is 9.19. The fraction of sp³-hybridized carbons (Fsp3) is 0.353. The molecule has 2 aromatic carbocycles. The molecule has 0 radical (unpaired) electrons. The number of hydrogen-bond donors (Lipinski definition) is 1. The molecule has 2 nitrogen and oxygen atoms in total. The minimum absolute atomic E-state index is 0.721. The second kappa shape index (κ2) is 6.19. The zero-order valence-electron chi connectivity index (χ0n) is 11.4. The van der Waals surface area contributed by atoms with Gasteiger partial charge in [0.15, 0.2) is 0 Å². The predicted octanol–water partition coefficient (Wildman–Crippen LogP) is 4.41. The summed E-state index contributed by atoms with van der Waals surface area (Å²) in [6, 6.07) is 14.4. The van der Waals surface area contributed by atoms with Gasteiger partial charge in [-0.1, -0.05) is 30.7 Å². The van der Waals surface area contributed by atoms with E-state index in [9.17, 15) is 5.26 Å². The molecule has 0 amide bonds. The molecule has 0 aromatic heterocycles. The Bertz CT molecular complexity index is 639. The molecule has 2 aromatic rings. The molecule has 1 N–H and O–H groups in total. The van der Waals surface area contributed by atoms with Crippen LogP contribution < -0.4 is 5.32 Å². The summed E-state index contributed by atoms with van der Waals surface area (Å²) in [5.74, 6) is 1.29. The summed E-state index contributed by atoms with van der Waals surface area (Å²) in [5.41, 5.74) is 1.89. The van der Waals surface area contributed by atoms with Crippen LogP contribution in [0.3, 0.4) is 0 Å². The third-order valence-corrected chi connectivity index (χ3v) is 5.24. The average molecular weight is 282 g/mol. The number of nitrogens with one attached hydrogen (secondary N) is 1. The van der Waals surface area contributed by atoms with Crippen molar-refractivity contribution in [3.05, 3.63) is 42.0 Å². The van der Waals surface area contributed by atoms with Crippen molar-refractivity contribution in [1.29, 1.82) is 5.26 Å². The molecule has 1 aliphatic heterocycles. The van der Waals surface area contributed by atoms with Crippen LogP contribution in [0.5, 0.6) is 0 Å². The number of hydrogen-bond acceptors (Lipinski definition) is 3. The standard InChI is InChI=1S/C17H18N2S/c18-11-13-8-9-17(16-7-2-1-6-15(13)16)19-12-14-5-3-4-10-20-14/h1-2,6-9,14,19H,3-5,10,12H2. The van der Waals surface area contributed by atoms with E-state index in [-0.39, 0.29) is 0 Å². The molecule has 0 spiro atoms. The van der Waals surface area contributed by atoms with Crippen molar-refractivity contribution in [2.75, 3.05) is 17.6 Å². The van der Waals surface area contributed by atoms with Crippen molar-refractivity contribution in [2.45, 2.75) is 24.5 Å². The number of thioether (sulfide) groups is 1. The molecule has 1 saturated heterocycles. The Labute approximate surface area is 124 Å². The lowest BCUT2D eigenvalue weighted by molar-refractivity contribution is 0.678. The first-order chi connectivity index (χ1) is 9.88. The van der Waals surface area contributed by atoms with E-state index in [1.54, 1.807) is 0 Å². The van der Waals surface area contributed by atoms with Crippen LogP contribution in [-0.2, 0) is 0 Å². The highest BCUT2D eigenvalue weighted by Crippen LogP contribution is 2.29. The Morgan fingerprint density at radius 2 is 2.00 bits per heavy atom. The first-order valence-corrected chi connectivity index (χ1v) is 8.20. The highest BCUT2D eigenvalue weighted by Gasteiger charge is 2.14. The van der Waals surface area contributed by atoms with E-state index in [1.807, 2.05) is 30.3 Å². The lowest BCUT2D eigenvalue weighted by atomic mass is 10.0. The number of anilines is 1. The lowest BCUT2D eigenvalue weighted by Gasteiger charge is -2.22. The minimum atomic E-state index is 0.721. The monoisotopic (exact) mass is 282 g/mol. The number of benzene rings is 2. The summed E-state index contributed by atoms with van der Waals surface area (Å²) >= 11 is 2.08. The van der Waals surface area contributed by atoms with Gasteiger partial charge < -0.3 is 5.32 Å². The van der Waals surface area contributed by atoms with Crippen molar-refractivity contribution in [3.63, 3.8) is 0 Å². The van der Waals surface area contributed by atoms with Crippen LogP contribution in [0.4, 0.5) is 5.69 Å². The fourth-order valence-electron chi connectivity index (χ4n) is 2.74. The van der Waals surface area contributed by atoms with Crippen LogP contribution in [0, 0.1) is 11.3 Å². The van der Waals surface area contributed by atoms with Crippen molar-refractivity contribution in [3.8, 4) is 6.07 Å². The van der Waals surface area contributed by atoms with Gasteiger partial charge in [0.25, 0.3) is 0 Å². The molecule has 1 atom stereocenters. The third-order valence-electron chi connectivity index (χ3n) is 3.84. The van der Waals surface area contributed by atoms with E-state index in [1.165, 1.54) is 25.0 Å². The largest absolute Gasteiger partial charge is 0.383 e. The summed E-state index contributed by atoms with van der Waals surface area (Å²) in [6.07, 6.45) is 4.03. The number of rotatable bonds is 3. The van der Waals surface area contributed by atoms with Gasteiger partial charge in [0, 0.05) is 28.3 Å². The fourth-order valence-corrected chi connectivity index (χ4v) is 3.98. The Morgan fingerprint density at radius 3 is 2.75 bits per heavy atom. The molecule has 102 valence electrons. The van der Waals surface area contributed by atoms with Crippen molar-refractivity contribution in [1.82, 2.24) is 0 Å². The van der Waals surface area contributed by atoms with Gasteiger partial charge in [-0.05, 0) is 30.7 Å². The number of nitriles is 1. The van der Waals surface area contributed by atoms with Gasteiger partial charge in [-0.25, -0.2) is 0 Å². The highest BCUT2D eigenvalue weighted by atomic mass is 32.2. The summed E-state index contributed by atoms with van der Waals surface area (Å²) < 4.78 is 0. The quantitative estimate of drug-likeness (QED) is 0.905. The smallest absolute Gasteiger partial charge is 0.0998 e. The van der Waals surface area contributed by atoms with E-state index < -0.39 is 0 Å². The van der Waals surface area contributed by atoms with E-state index in [0.29, 0.717) is 0 Å². The van der Waals surface area contributed by atoms with Gasteiger partial charge >= 0.3 is 0 Å². The van der Waals surface area contributed by atoms with Gasteiger partial charge in [0.1, 0.15) is 0 Å². The summed E-state index contributed by atoms with van der Waals surface area (Å²) in [4.78, 5) is 0. The second-order valence-corrected chi connectivity index (χ2v) is 6.60. The molecule has 3 rings (SSSR count). The molecule has 0 aliphatic carbocycles. The molecule has 1 fully saturated rings. The normalized spacial score (nSPS) is 18.6. The molecular formula is C17H18N2S. The number of nitrogens with zero attached hydrogens (tertiary/aromatic N) is 1. The highest BCUT2D eigenvalue weighted by molar-refractivity contribution is 7.99. The summed E-state index contributed by atoms with van der Waals surface area (Å²) in [5, 5.41) is 15.7. The van der Waals surface area contributed by atoms with Crippen LogP contribution in [0.1, 0.15) is 24.8 Å². The van der Waals surface area contributed by atoms with Crippen molar-refractivity contribution >= 4 is 28.2 Å². The third kappa shape index (κ3) is 2.76. The Morgan fingerprint density at radius 1 is 1.15 bits per heavy atom. The predicted molar refractivity (Wildman–Crippen MR) is 87.2 cm³/mol. The van der Waals surface area contributed by atoms with Crippen LogP contribution in [-0.4, -0.2) is 17.5 Å². The second-order valence-electron chi connectivity index (χ2n) is 5.19. The average Bonchev–Trinajstić information content (AvgIpc) is 2.53. The van der Waals surface area contributed by atoms with E-state index in [0.717, 1.165) is 33.8 Å². The topological polar surface area (TPSA) is 35.8 Å². The maximum Gasteiger partial charge on any atom is 0.0998 e. The zero-order chi connectivity index (χ0) is 13.8. The molecule has 1 aliphatic rings.